The lowest BCUT2D eigenvalue weighted by atomic mass is 10.1. The van der Waals surface area contributed by atoms with Gasteiger partial charge in [-0.3, -0.25) is 14.8 Å². The van der Waals surface area contributed by atoms with Crippen molar-refractivity contribution in [1.29, 1.82) is 5.41 Å². The predicted octanol–water partition coefficient (Wildman–Crippen LogP) is 3.00. The summed E-state index contributed by atoms with van der Waals surface area (Å²) in [5.74, 6) is 0.375. The SMILES string of the molecule is C=C(Nc1ncc2c(C)cc(=O)n(C3CCOCC3)c2n1)/C(C)=C\C=NC=N. The molecule has 0 atom stereocenters. The van der Waals surface area contributed by atoms with E-state index in [4.69, 9.17) is 10.1 Å². The van der Waals surface area contributed by atoms with E-state index in [-0.39, 0.29) is 11.6 Å². The average molecular weight is 380 g/mol. The Bertz CT molecular complexity index is 1020. The third-order valence-electron chi connectivity index (χ3n) is 4.78. The summed E-state index contributed by atoms with van der Waals surface area (Å²) in [6.45, 7) is 9.03. The van der Waals surface area contributed by atoms with E-state index in [1.54, 1.807) is 22.9 Å². The van der Waals surface area contributed by atoms with Crippen LogP contribution in [-0.4, -0.2) is 40.3 Å². The van der Waals surface area contributed by atoms with E-state index in [1.165, 1.54) is 6.21 Å². The van der Waals surface area contributed by atoms with Gasteiger partial charge in [0.1, 0.15) is 12.0 Å². The molecule has 0 radical (unpaired) electrons. The van der Waals surface area contributed by atoms with Crippen molar-refractivity contribution in [3.63, 3.8) is 0 Å². The van der Waals surface area contributed by atoms with Crippen LogP contribution in [0.15, 0.2) is 46.0 Å². The van der Waals surface area contributed by atoms with Gasteiger partial charge < -0.3 is 10.1 Å². The highest BCUT2D eigenvalue weighted by atomic mass is 16.5. The maximum Gasteiger partial charge on any atom is 0.252 e. The average Bonchev–Trinajstić information content (AvgIpc) is 2.68. The molecule has 2 aromatic heterocycles. The molecule has 2 N–H and O–H groups in total. The number of fused-ring (bicyclic) bond motifs is 1. The summed E-state index contributed by atoms with van der Waals surface area (Å²) >= 11 is 0. The highest BCUT2D eigenvalue weighted by molar-refractivity contribution is 5.81. The summed E-state index contributed by atoms with van der Waals surface area (Å²) in [4.78, 5) is 25.5. The molecule has 1 fully saturated rings. The lowest BCUT2D eigenvalue weighted by Crippen LogP contribution is -2.30. The molecule has 146 valence electrons. The first-order valence-electron chi connectivity index (χ1n) is 9.13. The van der Waals surface area contributed by atoms with Crippen LogP contribution in [0.1, 0.15) is 31.4 Å². The van der Waals surface area contributed by atoms with E-state index in [0.717, 1.165) is 35.7 Å². The largest absolute Gasteiger partial charge is 0.381 e. The van der Waals surface area contributed by atoms with Crippen molar-refractivity contribution in [1.82, 2.24) is 14.5 Å². The van der Waals surface area contributed by atoms with Crippen LogP contribution in [0.3, 0.4) is 0 Å². The van der Waals surface area contributed by atoms with Crippen molar-refractivity contribution in [2.45, 2.75) is 32.7 Å². The molecule has 0 saturated carbocycles. The van der Waals surface area contributed by atoms with Gasteiger partial charge >= 0.3 is 0 Å². The molecule has 8 heteroatoms. The number of allylic oxidation sites excluding steroid dienone is 2. The topological polar surface area (TPSA) is 105 Å². The van der Waals surface area contributed by atoms with Crippen LogP contribution in [0.2, 0.25) is 0 Å². The fraction of sp³-hybridized carbons (Fsp3) is 0.350. The minimum Gasteiger partial charge on any atom is -0.381 e. The van der Waals surface area contributed by atoms with Gasteiger partial charge in [-0.1, -0.05) is 6.58 Å². The fourth-order valence-corrected chi connectivity index (χ4v) is 3.16. The van der Waals surface area contributed by atoms with Crippen LogP contribution in [0, 0.1) is 12.3 Å². The second-order valence-electron chi connectivity index (χ2n) is 6.69. The maximum absolute atomic E-state index is 12.7. The van der Waals surface area contributed by atoms with Crippen LogP contribution >= 0.6 is 0 Å². The van der Waals surface area contributed by atoms with E-state index in [1.807, 2.05) is 13.8 Å². The molecule has 0 aliphatic carbocycles. The maximum atomic E-state index is 12.7. The third kappa shape index (κ3) is 4.23. The van der Waals surface area contributed by atoms with Crippen molar-refractivity contribution in [2.75, 3.05) is 18.5 Å². The number of anilines is 1. The highest BCUT2D eigenvalue weighted by Crippen LogP contribution is 2.25. The van der Waals surface area contributed by atoms with Crippen molar-refractivity contribution in [3.05, 3.63) is 52.1 Å². The Morgan fingerprint density at radius 1 is 1.46 bits per heavy atom. The first-order chi connectivity index (χ1) is 13.5. The zero-order valence-electron chi connectivity index (χ0n) is 16.1. The van der Waals surface area contributed by atoms with Gasteiger partial charge in [0.25, 0.3) is 5.56 Å². The minimum absolute atomic E-state index is 0.0562. The van der Waals surface area contributed by atoms with Crippen molar-refractivity contribution in [3.8, 4) is 0 Å². The number of nitrogens with one attached hydrogen (secondary N) is 2. The summed E-state index contributed by atoms with van der Waals surface area (Å²) in [6.07, 6.45) is 7.52. The molecular formula is C20H24N6O2. The zero-order valence-corrected chi connectivity index (χ0v) is 16.1. The molecule has 0 unspecified atom stereocenters. The first-order valence-corrected chi connectivity index (χ1v) is 9.13. The standard InChI is InChI=1S/C20H24N6O2/c1-13(4-7-22-12-21)15(3)24-20-23-11-17-14(2)10-18(27)26(19(17)25-20)16-5-8-28-9-6-16/h4,7,10-12,16,21H,3,5-6,8-9H2,1-2H3,(H,23,24,25)/b13-4-,21-12?,22-7?. The molecule has 0 aromatic carbocycles. The molecule has 1 saturated heterocycles. The van der Waals surface area contributed by atoms with Crippen LogP contribution in [-0.2, 0) is 4.74 Å². The number of aliphatic imine (C=N–C) groups is 1. The molecule has 3 heterocycles. The summed E-state index contributed by atoms with van der Waals surface area (Å²) < 4.78 is 7.20. The number of aromatic nitrogens is 3. The van der Waals surface area contributed by atoms with E-state index in [9.17, 15) is 4.79 Å². The number of hydrogen-bond donors (Lipinski definition) is 2. The van der Waals surface area contributed by atoms with Crippen LogP contribution in [0.25, 0.3) is 11.0 Å². The Balaban J connectivity index is 1.98. The number of pyridine rings is 1. The first kappa shape index (κ1) is 19.6. The Kier molecular flexibility index (Phi) is 6.10. The monoisotopic (exact) mass is 380 g/mol. The second-order valence-corrected chi connectivity index (χ2v) is 6.69. The lowest BCUT2D eigenvalue weighted by molar-refractivity contribution is 0.0697. The Hall–Kier alpha value is -3.13. The van der Waals surface area contributed by atoms with Gasteiger partial charge in [-0.15, -0.1) is 0 Å². The molecule has 28 heavy (non-hydrogen) atoms. The molecule has 0 amide bonds. The quantitative estimate of drug-likeness (QED) is 0.455. The second kappa shape index (κ2) is 8.71. The summed E-state index contributed by atoms with van der Waals surface area (Å²) in [5, 5.41) is 10.8. The summed E-state index contributed by atoms with van der Waals surface area (Å²) in [7, 11) is 0. The van der Waals surface area contributed by atoms with Gasteiger partial charge in [0.05, 0.1) is 0 Å². The van der Waals surface area contributed by atoms with Crippen LogP contribution in [0.5, 0.6) is 0 Å². The highest BCUT2D eigenvalue weighted by Gasteiger charge is 2.20. The Labute approximate surface area is 163 Å². The van der Waals surface area contributed by atoms with Gasteiger partial charge in [-0.25, -0.2) is 9.98 Å². The summed E-state index contributed by atoms with van der Waals surface area (Å²) in [6, 6.07) is 1.71. The zero-order chi connectivity index (χ0) is 20.1. The minimum atomic E-state index is -0.0562. The van der Waals surface area contributed by atoms with Crippen molar-refractivity contribution >= 4 is 29.5 Å². The van der Waals surface area contributed by atoms with Gasteiger partial charge in [0.2, 0.25) is 5.95 Å². The lowest BCUT2D eigenvalue weighted by Gasteiger charge is -2.25. The molecule has 1 aliphatic rings. The number of rotatable bonds is 6. The number of nitrogens with zero attached hydrogens (tertiary/aromatic N) is 4. The fourth-order valence-electron chi connectivity index (χ4n) is 3.16. The Morgan fingerprint density at radius 3 is 2.93 bits per heavy atom. The van der Waals surface area contributed by atoms with Gasteiger partial charge in [0.15, 0.2) is 0 Å². The Morgan fingerprint density at radius 2 is 2.21 bits per heavy atom. The number of aryl methyl sites for hydroxylation is 1. The number of ether oxygens (including phenoxy) is 1. The predicted molar refractivity (Wildman–Crippen MR) is 111 cm³/mol. The molecule has 8 nitrogen and oxygen atoms in total. The smallest absolute Gasteiger partial charge is 0.252 e. The van der Waals surface area contributed by atoms with Crippen molar-refractivity contribution < 1.29 is 4.74 Å². The van der Waals surface area contributed by atoms with Gasteiger partial charge in [-0.05, 0) is 43.9 Å². The third-order valence-corrected chi connectivity index (χ3v) is 4.78. The van der Waals surface area contributed by atoms with E-state index in [2.05, 4.69) is 26.9 Å². The molecule has 0 bridgehead atoms. The molecular weight excluding hydrogens is 356 g/mol. The molecule has 0 spiro atoms. The van der Waals surface area contributed by atoms with Gasteiger partial charge in [-0.2, -0.15) is 4.98 Å². The van der Waals surface area contributed by atoms with E-state index >= 15 is 0 Å². The number of hydrogen-bond acceptors (Lipinski definition) is 6. The van der Waals surface area contributed by atoms with Crippen LogP contribution in [0.4, 0.5) is 5.95 Å². The molecule has 1 aliphatic heterocycles. The van der Waals surface area contributed by atoms with E-state index in [0.29, 0.717) is 30.5 Å². The normalized spacial score (nSPS) is 15.9. The van der Waals surface area contributed by atoms with E-state index < -0.39 is 0 Å². The molecule has 2 aromatic rings. The van der Waals surface area contributed by atoms with Crippen LogP contribution < -0.4 is 10.9 Å². The van der Waals surface area contributed by atoms with Gasteiger partial charge in [0, 0.05) is 48.8 Å². The van der Waals surface area contributed by atoms with Crippen molar-refractivity contribution in [2.24, 2.45) is 4.99 Å². The molecule has 3 rings (SSSR count). The summed E-state index contributed by atoms with van der Waals surface area (Å²) in [5.41, 5.74) is 2.87.